The van der Waals surface area contributed by atoms with E-state index in [2.05, 4.69) is 0 Å². The minimum Gasteiger partial charge on any atom is -0.478 e. The summed E-state index contributed by atoms with van der Waals surface area (Å²) in [6.45, 7) is 0. The lowest BCUT2D eigenvalue weighted by Crippen LogP contribution is -2.02. The third kappa shape index (κ3) is 3.21. The second kappa shape index (κ2) is 6.60. The fourth-order valence-corrected chi connectivity index (χ4v) is 2.81. The minimum absolute atomic E-state index is 0.108. The summed E-state index contributed by atoms with van der Waals surface area (Å²) in [6, 6.07) is 16.4. The Morgan fingerprint density at radius 2 is 0.962 bits per heavy atom. The summed E-state index contributed by atoms with van der Waals surface area (Å²) in [4.78, 5) is 22.9. The minimum atomic E-state index is -1.07. The second-order valence-electron chi connectivity index (χ2n) is 5.80. The van der Waals surface area contributed by atoms with Crippen molar-refractivity contribution in [1.29, 1.82) is 0 Å². The quantitative estimate of drug-likeness (QED) is 0.534. The highest BCUT2D eigenvalue weighted by molar-refractivity contribution is 5.98. The summed E-state index contributed by atoms with van der Waals surface area (Å²) < 4.78 is 0. The van der Waals surface area contributed by atoms with Crippen LogP contribution < -0.4 is 11.5 Å². The fraction of sp³-hybridized carbons (Fsp3) is 0. The van der Waals surface area contributed by atoms with Crippen molar-refractivity contribution in [3.8, 4) is 22.3 Å². The summed E-state index contributed by atoms with van der Waals surface area (Å²) in [7, 11) is 0. The molecule has 0 saturated heterocycles. The number of carboxylic acid groups (broad SMARTS) is 2. The molecule has 0 bridgehead atoms. The van der Waals surface area contributed by atoms with Crippen LogP contribution in [0.1, 0.15) is 20.7 Å². The monoisotopic (exact) mass is 348 g/mol. The summed E-state index contributed by atoms with van der Waals surface area (Å²) in [5.74, 6) is -2.13. The van der Waals surface area contributed by atoms with E-state index in [9.17, 15) is 19.8 Å². The van der Waals surface area contributed by atoms with E-state index in [4.69, 9.17) is 11.5 Å². The summed E-state index contributed by atoms with van der Waals surface area (Å²) >= 11 is 0. The average Bonchev–Trinajstić information content (AvgIpc) is 2.61. The zero-order chi connectivity index (χ0) is 18.8. The molecule has 0 unspecified atom stereocenters. The maximum atomic E-state index is 11.5. The highest BCUT2D eigenvalue weighted by atomic mass is 16.4. The number of benzene rings is 3. The van der Waals surface area contributed by atoms with Crippen LogP contribution in [0, 0.1) is 0 Å². The van der Waals surface area contributed by atoms with Crippen molar-refractivity contribution in [2.45, 2.75) is 0 Å². The Bertz CT molecular complexity index is 928. The molecule has 6 nitrogen and oxygen atoms in total. The standard InChI is InChI=1S/C20H16N2O4/c21-13-5-7-15(17(9-13)19(23)24)11-1-2-12(4-3-11)16-8-6-14(22)10-18(16)20(25)26/h1-10H,21-22H2,(H,23,24)(H,25,26). The highest BCUT2D eigenvalue weighted by Gasteiger charge is 2.14. The van der Waals surface area contributed by atoms with Crippen LogP contribution in [0.15, 0.2) is 60.7 Å². The first-order valence-corrected chi connectivity index (χ1v) is 7.73. The molecule has 3 rings (SSSR count). The lowest BCUT2D eigenvalue weighted by atomic mass is 9.94. The van der Waals surface area contributed by atoms with Crippen LogP contribution in [0.2, 0.25) is 0 Å². The van der Waals surface area contributed by atoms with Gasteiger partial charge < -0.3 is 21.7 Å². The largest absolute Gasteiger partial charge is 0.478 e. The Balaban J connectivity index is 2.06. The molecular formula is C20H16N2O4. The number of aromatic carboxylic acids is 2. The van der Waals surface area contributed by atoms with E-state index in [0.29, 0.717) is 33.6 Å². The van der Waals surface area contributed by atoms with Gasteiger partial charge in [0, 0.05) is 11.4 Å². The molecule has 0 atom stereocenters. The number of hydrogen-bond acceptors (Lipinski definition) is 4. The smallest absolute Gasteiger partial charge is 0.336 e. The van der Waals surface area contributed by atoms with Crippen LogP contribution in [-0.4, -0.2) is 22.2 Å². The molecule has 3 aromatic carbocycles. The van der Waals surface area contributed by atoms with Crippen molar-refractivity contribution in [1.82, 2.24) is 0 Å². The molecule has 0 aliphatic rings. The van der Waals surface area contributed by atoms with Crippen molar-refractivity contribution in [2.75, 3.05) is 11.5 Å². The molecule has 0 aromatic heterocycles. The Morgan fingerprint density at radius 1 is 0.615 bits per heavy atom. The van der Waals surface area contributed by atoms with Gasteiger partial charge in [-0.3, -0.25) is 0 Å². The SMILES string of the molecule is Nc1ccc(-c2ccc(-c3ccc(N)cc3C(=O)O)cc2)c(C(=O)O)c1. The van der Waals surface area contributed by atoms with Gasteiger partial charge in [-0.15, -0.1) is 0 Å². The summed E-state index contributed by atoms with van der Waals surface area (Å²) in [5.41, 5.74) is 14.8. The van der Waals surface area contributed by atoms with Crippen LogP contribution in [0.3, 0.4) is 0 Å². The van der Waals surface area contributed by atoms with Gasteiger partial charge in [0.1, 0.15) is 0 Å². The van der Waals surface area contributed by atoms with E-state index in [1.54, 1.807) is 48.5 Å². The zero-order valence-electron chi connectivity index (χ0n) is 13.6. The first-order valence-electron chi connectivity index (χ1n) is 7.73. The molecular weight excluding hydrogens is 332 g/mol. The van der Waals surface area contributed by atoms with Crippen molar-refractivity contribution >= 4 is 23.3 Å². The normalized spacial score (nSPS) is 10.5. The molecule has 0 amide bonds. The third-order valence-electron chi connectivity index (χ3n) is 4.05. The molecule has 0 heterocycles. The van der Waals surface area contributed by atoms with Crippen LogP contribution in [0.4, 0.5) is 11.4 Å². The lowest BCUT2D eigenvalue weighted by molar-refractivity contribution is 0.0687. The highest BCUT2D eigenvalue weighted by Crippen LogP contribution is 2.30. The molecule has 3 aromatic rings. The van der Waals surface area contributed by atoms with Crippen molar-refractivity contribution in [3.63, 3.8) is 0 Å². The number of carbonyl (C=O) groups is 2. The number of rotatable bonds is 4. The van der Waals surface area contributed by atoms with Crippen LogP contribution in [0.5, 0.6) is 0 Å². The molecule has 0 aliphatic carbocycles. The Morgan fingerprint density at radius 3 is 1.27 bits per heavy atom. The second-order valence-corrected chi connectivity index (χ2v) is 5.80. The van der Waals surface area contributed by atoms with E-state index < -0.39 is 11.9 Å². The number of anilines is 2. The van der Waals surface area contributed by atoms with Gasteiger partial charge in [-0.1, -0.05) is 36.4 Å². The Labute approximate surface area is 149 Å². The van der Waals surface area contributed by atoms with Gasteiger partial charge in [0.15, 0.2) is 0 Å². The maximum absolute atomic E-state index is 11.5. The van der Waals surface area contributed by atoms with E-state index in [-0.39, 0.29) is 11.1 Å². The molecule has 0 saturated carbocycles. The molecule has 130 valence electrons. The molecule has 0 fully saturated rings. The van der Waals surface area contributed by atoms with Crippen molar-refractivity contribution in [3.05, 3.63) is 71.8 Å². The van der Waals surface area contributed by atoms with E-state index in [1.165, 1.54) is 12.1 Å². The Kier molecular flexibility index (Phi) is 4.33. The van der Waals surface area contributed by atoms with Crippen molar-refractivity contribution in [2.24, 2.45) is 0 Å². The number of nitrogen functional groups attached to an aromatic ring is 2. The molecule has 26 heavy (non-hydrogen) atoms. The first kappa shape index (κ1) is 17.0. The summed E-state index contributed by atoms with van der Waals surface area (Å²) in [6.07, 6.45) is 0. The predicted octanol–water partition coefficient (Wildman–Crippen LogP) is 3.58. The van der Waals surface area contributed by atoms with Gasteiger partial charge in [0.05, 0.1) is 11.1 Å². The third-order valence-corrected chi connectivity index (χ3v) is 4.05. The molecule has 6 heteroatoms. The number of hydrogen-bond donors (Lipinski definition) is 4. The molecule has 6 N–H and O–H groups in total. The molecule has 0 radical (unpaired) electrons. The predicted molar refractivity (Wildman–Crippen MR) is 100 cm³/mol. The van der Waals surface area contributed by atoms with Gasteiger partial charge in [0.2, 0.25) is 0 Å². The van der Waals surface area contributed by atoms with E-state index >= 15 is 0 Å². The average molecular weight is 348 g/mol. The Hall–Kier alpha value is -3.80. The fourth-order valence-electron chi connectivity index (χ4n) is 2.81. The molecule has 0 aliphatic heterocycles. The van der Waals surface area contributed by atoms with Gasteiger partial charge in [0.25, 0.3) is 0 Å². The van der Waals surface area contributed by atoms with E-state index in [0.717, 1.165) is 0 Å². The van der Waals surface area contributed by atoms with Crippen LogP contribution >= 0.6 is 0 Å². The van der Waals surface area contributed by atoms with Gasteiger partial charge in [-0.25, -0.2) is 9.59 Å². The van der Waals surface area contributed by atoms with E-state index in [1.807, 2.05) is 0 Å². The van der Waals surface area contributed by atoms with Crippen LogP contribution in [-0.2, 0) is 0 Å². The maximum Gasteiger partial charge on any atom is 0.336 e. The van der Waals surface area contributed by atoms with Crippen LogP contribution in [0.25, 0.3) is 22.3 Å². The number of carboxylic acids is 2. The first-order chi connectivity index (χ1) is 12.4. The lowest BCUT2D eigenvalue weighted by Gasteiger charge is -2.10. The summed E-state index contributed by atoms with van der Waals surface area (Å²) in [5, 5.41) is 18.7. The number of nitrogens with two attached hydrogens (primary N) is 2. The topological polar surface area (TPSA) is 127 Å². The van der Waals surface area contributed by atoms with Gasteiger partial charge in [-0.2, -0.15) is 0 Å². The van der Waals surface area contributed by atoms with Crippen molar-refractivity contribution < 1.29 is 19.8 Å². The van der Waals surface area contributed by atoms with Gasteiger partial charge in [-0.05, 0) is 46.5 Å². The molecule has 0 spiro atoms. The van der Waals surface area contributed by atoms with Gasteiger partial charge >= 0.3 is 11.9 Å². The zero-order valence-corrected chi connectivity index (χ0v) is 13.6.